The van der Waals surface area contributed by atoms with Gasteiger partial charge in [-0.15, -0.1) is 0 Å². The Bertz CT molecular complexity index is 467. The molecule has 0 radical (unpaired) electrons. The molecule has 0 aliphatic heterocycles. The first-order chi connectivity index (χ1) is 11.1. The Morgan fingerprint density at radius 2 is 1.25 bits per heavy atom. The first kappa shape index (κ1) is 22.3. The van der Waals surface area contributed by atoms with Crippen LogP contribution in [0.4, 0.5) is 13.2 Å². The van der Waals surface area contributed by atoms with Gasteiger partial charge in [-0.25, -0.2) is 0 Å². The summed E-state index contributed by atoms with van der Waals surface area (Å²) in [6.45, 7) is -3.67. The fourth-order valence-corrected chi connectivity index (χ4v) is 6.23. The van der Waals surface area contributed by atoms with Crippen molar-refractivity contribution in [2.75, 3.05) is 0 Å². The Kier molecular flexibility index (Phi) is 10.9. The Morgan fingerprint density at radius 1 is 0.792 bits per heavy atom. The number of rotatable bonds is 2. The van der Waals surface area contributed by atoms with Crippen LogP contribution >= 0.6 is 13.5 Å². The number of halogens is 3. The van der Waals surface area contributed by atoms with Crippen LogP contribution in [0.2, 0.25) is 0 Å². The maximum absolute atomic E-state index is 9.67. The summed E-state index contributed by atoms with van der Waals surface area (Å²) in [5.41, 5.74) is 3.60. The molecule has 2 aliphatic carbocycles. The molecule has 3 rings (SSSR count). The van der Waals surface area contributed by atoms with Gasteiger partial charge in [0.25, 0.3) is 0 Å². The monoisotopic (exact) mass is 556 g/mol. The van der Waals surface area contributed by atoms with E-state index in [0.29, 0.717) is 0 Å². The van der Waals surface area contributed by atoms with Crippen LogP contribution in [-0.2, 0) is 0 Å². The van der Waals surface area contributed by atoms with Gasteiger partial charge in [0, 0.05) is 0 Å². The van der Waals surface area contributed by atoms with Crippen molar-refractivity contribution in [3.8, 4) is 0 Å². The first-order valence-electron chi connectivity index (χ1n) is 8.90. The summed E-state index contributed by atoms with van der Waals surface area (Å²) in [6, 6.07) is 7.23. The number of alkyl halides is 3. The zero-order chi connectivity index (χ0) is 16.7. The summed E-state index contributed by atoms with van der Waals surface area (Å²) in [5, 5.41) is 0. The van der Waals surface area contributed by atoms with E-state index in [1.54, 1.807) is 8.83 Å². The summed E-state index contributed by atoms with van der Waals surface area (Å²) in [7, 11) is 0. The average Bonchev–Trinajstić information content (AvgIpc) is 2.56. The second-order valence-corrected chi connectivity index (χ2v) is 9.19. The summed E-state index contributed by atoms with van der Waals surface area (Å²) >= 11 is 1.01. The van der Waals surface area contributed by atoms with Gasteiger partial charge >= 0.3 is 140 Å². The third-order valence-electron chi connectivity index (χ3n) is 5.23. The molecule has 2 fully saturated rings. The minimum atomic E-state index is -3.67. The molecule has 1 aromatic rings. The van der Waals surface area contributed by atoms with Gasteiger partial charge in [-0.3, -0.25) is 0 Å². The first-order valence-corrected chi connectivity index (χ1v) is 11.1. The van der Waals surface area contributed by atoms with Crippen LogP contribution < -0.4 is 3.27 Å². The Morgan fingerprint density at radius 3 is 1.75 bits per heavy atom. The van der Waals surface area contributed by atoms with E-state index in [1.165, 1.54) is 64.2 Å². The van der Waals surface area contributed by atoms with Crippen molar-refractivity contribution >= 4 is 41.5 Å². The van der Waals surface area contributed by atoms with E-state index >= 15 is 0 Å². The van der Waals surface area contributed by atoms with Gasteiger partial charge in [-0.2, -0.15) is 26.7 Å². The summed E-state index contributed by atoms with van der Waals surface area (Å²) in [5.74, 6) is 1.80. The SMILES string of the molecule is FC(F)F.S.[BiH2][c]1cccc(C2CCCCC2)c1C1CCCCC1. The van der Waals surface area contributed by atoms with E-state index in [4.69, 9.17) is 0 Å². The van der Waals surface area contributed by atoms with Gasteiger partial charge in [0.05, 0.1) is 0 Å². The number of hydrogen-bond donors (Lipinski definition) is 0. The quantitative estimate of drug-likeness (QED) is 0.432. The normalized spacial score (nSPS) is 19.4. The van der Waals surface area contributed by atoms with Crippen molar-refractivity contribution < 1.29 is 13.2 Å². The molecule has 0 N–H and O–H groups in total. The molecule has 0 saturated heterocycles. The number of hydrogen-bond acceptors (Lipinski definition) is 0. The van der Waals surface area contributed by atoms with Gasteiger partial charge < -0.3 is 0 Å². The topological polar surface area (TPSA) is 0 Å². The molecular formula is C19H30BiF3S. The second-order valence-electron chi connectivity index (χ2n) is 6.77. The van der Waals surface area contributed by atoms with Crippen LogP contribution in [0.25, 0.3) is 0 Å². The van der Waals surface area contributed by atoms with Crippen molar-refractivity contribution in [2.24, 2.45) is 0 Å². The van der Waals surface area contributed by atoms with Crippen LogP contribution in [0.15, 0.2) is 18.2 Å². The van der Waals surface area contributed by atoms with E-state index < -0.39 is 6.68 Å². The molecule has 0 aromatic heterocycles. The molecule has 0 amide bonds. The molecule has 0 bridgehead atoms. The Labute approximate surface area is 166 Å². The van der Waals surface area contributed by atoms with E-state index in [9.17, 15) is 13.2 Å². The summed E-state index contributed by atoms with van der Waals surface area (Å²) in [4.78, 5) is 0. The predicted molar refractivity (Wildman–Crippen MR) is 104 cm³/mol. The van der Waals surface area contributed by atoms with Crippen LogP contribution in [0.5, 0.6) is 0 Å². The van der Waals surface area contributed by atoms with Crippen molar-refractivity contribution in [1.82, 2.24) is 0 Å². The average molecular weight is 556 g/mol. The molecule has 2 saturated carbocycles. The standard InChI is InChI=1S/C18H25.CHF3.Bi.H2S.2H/c1-3-9-15(10-4-1)17-13-7-8-14-18(17)16-11-5-2-6-12-16;2-1(3)4;;;;/h7-8,13,15-16H,1-6,9-12H2;1H;;1H2;;. The van der Waals surface area contributed by atoms with Gasteiger partial charge in [0.15, 0.2) is 0 Å². The van der Waals surface area contributed by atoms with Crippen molar-refractivity contribution in [1.29, 1.82) is 0 Å². The van der Waals surface area contributed by atoms with Crippen LogP contribution in [-0.4, -0.2) is 31.4 Å². The molecular weight excluding hydrogens is 526 g/mol. The third-order valence-corrected chi connectivity index (χ3v) is 7.19. The molecule has 0 nitrogen and oxygen atoms in total. The molecule has 1 aromatic carbocycles. The zero-order valence-electron chi connectivity index (χ0n) is 14.2. The van der Waals surface area contributed by atoms with Gasteiger partial charge in [0.1, 0.15) is 0 Å². The third kappa shape index (κ3) is 6.86. The maximum atomic E-state index is 9.67. The van der Waals surface area contributed by atoms with Gasteiger partial charge in [-0.1, -0.05) is 0 Å². The fraction of sp³-hybridized carbons (Fsp3) is 0.684. The fourth-order valence-electron chi connectivity index (χ4n) is 4.23. The van der Waals surface area contributed by atoms with E-state index in [2.05, 4.69) is 18.2 Å². The summed E-state index contributed by atoms with van der Waals surface area (Å²) < 4.78 is 30.7. The van der Waals surface area contributed by atoms with Gasteiger partial charge in [0.2, 0.25) is 0 Å². The molecule has 2 aliphatic rings. The van der Waals surface area contributed by atoms with Crippen LogP contribution in [0, 0.1) is 0 Å². The molecule has 5 heteroatoms. The molecule has 138 valence electrons. The molecule has 0 atom stereocenters. The molecule has 0 unspecified atom stereocenters. The summed E-state index contributed by atoms with van der Waals surface area (Å²) in [6.07, 6.45) is 14.6. The van der Waals surface area contributed by atoms with Crippen molar-refractivity contribution in [2.45, 2.75) is 82.7 Å². The van der Waals surface area contributed by atoms with E-state index in [1.807, 2.05) is 5.56 Å². The Hall–Kier alpha value is 0.243. The van der Waals surface area contributed by atoms with Crippen molar-refractivity contribution in [3.05, 3.63) is 29.3 Å². The zero-order valence-corrected chi connectivity index (χ0v) is 19.7. The predicted octanol–water partition coefficient (Wildman–Crippen LogP) is 5.33. The molecule has 24 heavy (non-hydrogen) atoms. The van der Waals surface area contributed by atoms with Gasteiger partial charge in [-0.05, 0) is 0 Å². The van der Waals surface area contributed by atoms with Crippen LogP contribution in [0.3, 0.4) is 0 Å². The van der Waals surface area contributed by atoms with Crippen LogP contribution in [0.1, 0.15) is 87.2 Å². The molecule has 0 spiro atoms. The Balaban J connectivity index is 0.000000522. The second kappa shape index (κ2) is 11.8. The van der Waals surface area contributed by atoms with E-state index in [-0.39, 0.29) is 13.5 Å². The molecule has 0 heterocycles. The number of benzene rings is 1. The van der Waals surface area contributed by atoms with E-state index in [0.717, 1.165) is 36.6 Å². The van der Waals surface area contributed by atoms with Crippen molar-refractivity contribution in [3.63, 3.8) is 0 Å². The minimum absolute atomic E-state index is 0.